The molecule has 0 aliphatic carbocycles. The first-order valence-corrected chi connectivity index (χ1v) is 12.4. The van der Waals surface area contributed by atoms with Gasteiger partial charge in [0.2, 0.25) is 0 Å². The van der Waals surface area contributed by atoms with Crippen molar-refractivity contribution in [3.63, 3.8) is 0 Å². The molecule has 4 nitrogen and oxygen atoms in total. The van der Waals surface area contributed by atoms with Crippen molar-refractivity contribution in [1.29, 1.82) is 0 Å². The van der Waals surface area contributed by atoms with Gasteiger partial charge in [0.15, 0.2) is 0 Å². The van der Waals surface area contributed by atoms with Gasteiger partial charge in [-0.05, 0) is 111 Å². The van der Waals surface area contributed by atoms with Crippen molar-refractivity contribution in [3.05, 3.63) is 58.7 Å². The molecule has 0 bridgehead atoms. The Kier molecular flexibility index (Phi) is 7.54. The first-order chi connectivity index (χ1) is 15.6. The molecule has 4 rings (SSSR count). The topological polar surface area (TPSA) is 46.9 Å². The highest BCUT2D eigenvalue weighted by Crippen LogP contribution is 2.35. The molecule has 2 aromatic carbocycles. The molecule has 2 aliphatic heterocycles. The lowest BCUT2D eigenvalue weighted by Crippen LogP contribution is -2.18. The van der Waals surface area contributed by atoms with Gasteiger partial charge in [0.05, 0.1) is 0 Å². The summed E-state index contributed by atoms with van der Waals surface area (Å²) in [4.78, 5) is 4.86. The van der Waals surface area contributed by atoms with Crippen LogP contribution in [0.4, 0.5) is 0 Å². The summed E-state index contributed by atoms with van der Waals surface area (Å²) >= 11 is 0. The van der Waals surface area contributed by atoms with E-state index < -0.39 is 0 Å². The molecule has 2 aromatic rings. The fourth-order valence-electron chi connectivity index (χ4n) is 5.35. The summed E-state index contributed by atoms with van der Waals surface area (Å²) in [5.41, 5.74) is 7.09. The fourth-order valence-corrected chi connectivity index (χ4v) is 5.35. The third-order valence-electron chi connectivity index (χ3n) is 7.11. The van der Waals surface area contributed by atoms with Crippen molar-refractivity contribution in [1.82, 2.24) is 9.80 Å². The second kappa shape index (κ2) is 10.5. The van der Waals surface area contributed by atoms with E-state index in [-0.39, 0.29) is 0 Å². The number of benzene rings is 2. The zero-order chi connectivity index (χ0) is 22.5. The van der Waals surface area contributed by atoms with E-state index in [2.05, 4.69) is 47.9 Å². The van der Waals surface area contributed by atoms with Crippen LogP contribution in [0.1, 0.15) is 74.6 Å². The summed E-state index contributed by atoms with van der Waals surface area (Å²) in [5, 5.41) is 21.0. The summed E-state index contributed by atoms with van der Waals surface area (Å²) in [7, 11) is 0. The summed E-state index contributed by atoms with van der Waals surface area (Å²) in [6, 6.07) is 12.2. The molecule has 0 unspecified atom stereocenters. The van der Waals surface area contributed by atoms with Crippen LogP contribution in [-0.4, -0.2) is 46.2 Å². The average Bonchev–Trinajstić information content (AvgIpc) is 3.50. The zero-order valence-corrected chi connectivity index (χ0v) is 19.7. The van der Waals surface area contributed by atoms with E-state index >= 15 is 0 Å². The summed E-state index contributed by atoms with van der Waals surface area (Å²) < 4.78 is 0. The zero-order valence-electron chi connectivity index (χ0n) is 19.7. The predicted molar refractivity (Wildman–Crippen MR) is 133 cm³/mol. The molecule has 2 fully saturated rings. The molecule has 2 aliphatic rings. The Morgan fingerprint density at radius 1 is 0.656 bits per heavy atom. The van der Waals surface area contributed by atoms with Crippen molar-refractivity contribution < 1.29 is 10.2 Å². The molecular weight excluding hydrogens is 396 g/mol. The molecular formula is C28H38N2O2. The fraction of sp³-hybridized carbons (Fsp3) is 0.500. The van der Waals surface area contributed by atoms with Gasteiger partial charge in [-0.3, -0.25) is 9.80 Å². The largest absolute Gasteiger partial charge is 0.508 e. The van der Waals surface area contributed by atoms with E-state index in [0.29, 0.717) is 11.5 Å². The van der Waals surface area contributed by atoms with Crippen molar-refractivity contribution >= 4 is 11.1 Å². The first-order valence-electron chi connectivity index (χ1n) is 12.4. The van der Waals surface area contributed by atoms with E-state index in [1.165, 1.54) is 48.0 Å². The number of allylic oxidation sites excluding steroid dienone is 2. The number of phenolic OH excluding ortho intramolecular Hbond substituents is 2. The van der Waals surface area contributed by atoms with E-state index in [4.69, 9.17) is 0 Å². The second-order valence-corrected chi connectivity index (χ2v) is 9.32. The van der Waals surface area contributed by atoms with Crippen molar-refractivity contribution in [2.45, 2.75) is 65.5 Å². The monoisotopic (exact) mass is 434 g/mol. The third-order valence-corrected chi connectivity index (χ3v) is 7.11. The van der Waals surface area contributed by atoms with E-state index in [9.17, 15) is 10.2 Å². The first kappa shape index (κ1) is 22.9. The standard InChI is InChI=1S/C28H38N2O2/c1-3-25(21-9-11-27(31)23(17-21)19-29-13-5-6-14-29)26(4-2)22-10-12-28(32)24(18-22)20-30-15-7-8-16-30/h9-12,17-18,31-32H,3-8,13-16,19-20H2,1-2H3/b26-25-. The molecule has 32 heavy (non-hydrogen) atoms. The Morgan fingerprint density at radius 2 is 1.03 bits per heavy atom. The Labute approximate surface area is 193 Å². The van der Waals surface area contributed by atoms with Gasteiger partial charge in [-0.25, -0.2) is 0 Å². The van der Waals surface area contributed by atoms with E-state index in [1.54, 1.807) is 0 Å². The van der Waals surface area contributed by atoms with Gasteiger partial charge in [-0.15, -0.1) is 0 Å². The molecule has 2 heterocycles. The van der Waals surface area contributed by atoms with Gasteiger partial charge in [-0.2, -0.15) is 0 Å². The maximum absolute atomic E-state index is 10.5. The quantitative estimate of drug-likeness (QED) is 0.499. The maximum Gasteiger partial charge on any atom is 0.120 e. The van der Waals surface area contributed by atoms with Crippen LogP contribution in [0.15, 0.2) is 36.4 Å². The normalized spacial score (nSPS) is 18.3. The number of aromatic hydroxyl groups is 2. The highest BCUT2D eigenvalue weighted by atomic mass is 16.3. The minimum atomic E-state index is 0.395. The van der Waals surface area contributed by atoms with Crippen molar-refractivity contribution in [2.75, 3.05) is 26.2 Å². The molecule has 4 heteroatoms. The summed E-state index contributed by atoms with van der Waals surface area (Å²) in [6.45, 7) is 10.5. The lowest BCUT2D eigenvalue weighted by atomic mass is 9.89. The van der Waals surface area contributed by atoms with Crippen LogP contribution in [0.3, 0.4) is 0 Å². The minimum Gasteiger partial charge on any atom is -0.508 e. The van der Waals surface area contributed by atoms with E-state index in [1.807, 2.05) is 12.1 Å². The summed E-state index contributed by atoms with van der Waals surface area (Å²) in [6.07, 6.45) is 6.86. The number of nitrogens with zero attached hydrogens (tertiary/aromatic N) is 2. The molecule has 2 N–H and O–H groups in total. The van der Waals surface area contributed by atoms with Gasteiger partial charge in [0.1, 0.15) is 11.5 Å². The van der Waals surface area contributed by atoms with Gasteiger partial charge in [0, 0.05) is 24.2 Å². The Morgan fingerprint density at radius 3 is 1.38 bits per heavy atom. The number of rotatable bonds is 8. The van der Waals surface area contributed by atoms with Gasteiger partial charge in [-0.1, -0.05) is 26.0 Å². The van der Waals surface area contributed by atoms with Gasteiger partial charge in [0.25, 0.3) is 0 Å². The molecule has 0 saturated carbocycles. The van der Waals surface area contributed by atoms with Crippen LogP contribution in [-0.2, 0) is 13.1 Å². The van der Waals surface area contributed by atoms with Crippen molar-refractivity contribution in [3.8, 4) is 11.5 Å². The minimum absolute atomic E-state index is 0.395. The average molecular weight is 435 g/mol. The number of phenols is 2. The molecule has 0 radical (unpaired) electrons. The van der Waals surface area contributed by atoms with Crippen LogP contribution in [0.2, 0.25) is 0 Å². The SMILES string of the molecule is CC/C(=C(\CC)c1ccc(O)c(CN2CCCC2)c1)c1ccc(O)c(CN2CCCC2)c1. The Bertz CT molecular complexity index is 876. The van der Waals surface area contributed by atoms with Crippen LogP contribution in [0.25, 0.3) is 11.1 Å². The molecule has 2 saturated heterocycles. The van der Waals surface area contributed by atoms with Crippen LogP contribution in [0.5, 0.6) is 11.5 Å². The van der Waals surface area contributed by atoms with Crippen molar-refractivity contribution in [2.24, 2.45) is 0 Å². The highest BCUT2D eigenvalue weighted by Gasteiger charge is 2.18. The van der Waals surface area contributed by atoms with Crippen LogP contribution >= 0.6 is 0 Å². The molecule has 0 aromatic heterocycles. The Balaban J connectivity index is 1.67. The predicted octanol–water partition coefficient (Wildman–Crippen LogP) is 6.02. The molecule has 0 spiro atoms. The number of hydrogen-bond acceptors (Lipinski definition) is 4. The lowest BCUT2D eigenvalue weighted by molar-refractivity contribution is 0.324. The van der Waals surface area contributed by atoms with Crippen LogP contribution in [0, 0.1) is 0 Å². The van der Waals surface area contributed by atoms with Crippen LogP contribution < -0.4 is 0 Å². The smallest absolute Gasteiger partial charge is 0.120 e. The van der Waals surface area contributed by atoms with Gasteiger partial charge < -0.3 is 10.2 Å². The third kappa shape index (κ3) is 5.19. The summed E-state index contributed by atoms with van der Waals surface area (Å²) in [5.74, 6) is 0.790. The highest BCUT2D eigenvalue weighted by molar-refractivity contribution is 5.91. The molecule has 172 valence electrons. The second-order valence-electron chi connectivity index (χ2n) is 9.32. The number of likely N-dealkylation sites (tertiary alicyclic amines) is 2. The maximum atomic E-state index is 10.5. The number of hydrogen-bond donors (Lipinski definition) is 2. The Hall–Kier alpha value is -2.30. The molecule has 0 atom stereocenters. The van der Waals surface area contributed by atoms with E-state index in [0.717, 1.165) is 63.2 Å². The lowest BCUT2D eigenvalue weighted by Gasteiger charge is -2.20. The molecule has 0 amide bonds. The van der Waals surface area contributed by atoms with Gasteiger partial charge >= 0.3 is 0 Å².